The van der Waals surface area contributed by atoms with E-state index in [1.165, 1.54) is 11.3 Å². The predicted molar refractivity (Wildman–Crippen MR) is 81.6 cm³/mol. The van der Waals surface area contributed by atoms with Crippen LogP contribution in [0.1, 0.15) is 35.8 Å². The van der Waals surface area contributed by atoms with E-state index in [0.29, 0.717) is 24.4 Å². The largest absolute Gasteiger partial charge is 0.314 e. The predicted octanol–water partition coefficient (Wildman–Crippen LogP) is 1.32. The minimum Gasteiger partial charge on any atom is -0.314 e. The molecule has 0 fully saturated rings. The van der Waals surface area contributed by atoms with Crippen molar-refractivity contribution in [1.29, 1.82) is 0 Å². The first-order valence-corrected chi connectivity index (χ1v) is 8.96. The monoisotopic (exact) mass is 329 g/mol. The van der Waals surface area contributed by atoms with Crippen LogP contribution in [0.2, 0.25) is 0 Å². The van der Waals surface area contributed by atoms with Crippen molar-refractivity contribution in [2.75, 3.05) is 7.05 Å². The average molecular weight is 329 g/mol. The molecule has 2 aromatic rings. The van der Waals surface area contributed by atoms with E-state index in [2.05, 4.69) is 25.2 Å². The van der Waals surface area contributed by atoms with Crippen molar-refractivity contribution in [2.24, 2.45) is 0 Å². The molecule has 0 aliphatic heterocycles. The molecule has 0 saturated carbocycles. The highest BCUT2D eigenvalue weighted by Crippen LogP contribution is 2.24. The van der Waals surface area contributed by atoms with Gasteiger partial charge in [0.05, 0.1) is 17.4 Å². The fourth-order valence-electron chi connectivity index (χ4n) is 2.07. The van der Waals surface area contributed by atoms with Gasteiger partial charge in [-0.25, -0.2) is 18.1 Å². The number of nitrogens with one attached hydrogen (secondary N) is 3. The molecule has 0 aromatic carbocycles. The van der Waals surface area contributed by atoms with Crippen LogP contribution in [0.3, 0.4) is 0 Å². The third kappa shape index (κ3) is 3.49. The molecule has 0 radical (unpaired) electrons. The maximum atomic E-state index is 12.7. The highest BCUT2D eigenvalue weighted by atomic mass is 32.2. The van der Waals surface area contributed by atoms with Crippen molar-refractivity contribution < 1.29 is 8.42 Å². The Labute approximate surface area is 128 Å². The number of hydrogen-bond donors (Lipinski definition) is 3. The van der Waals surface area contributed by atoms with E-state index >= 15 is 0 Å². The Morgan fingerprint density at radius 2 is 2.24 bits per heavy atom. The van der Waals surface area contributed by atoms with Gasteiger partial charge in [-0.3, -0.25) is 5.10 Å². The van der Waals surface area contributed by atoms with Crippen molar-refractivity contribution in [1.82, 2.24) is 25.2 Å². The minimum absolute atomic E-state index is 0.215. The number of hydrogen-bond acceptors (Lipinski definition) is 6. The summed E-state index contributed by atoms with van der Waals surface area (Å²) in [6, 6.07) is -0.327. The fourth-order valence-corrected chi connectivity index (χ4v) is 4.57. The third-order valence-corrected chi connectivity index (χ3v) is 5.59. The Balaban J connectivity index is 2.32. The average Bonchev–Trinajstić information content (AvgIpc) is 3.07. The number of H-pyrrole nitrogens is 1. The lowest BCUT2D eigenvalue weighted by atomic mass is 10.3. The highest BCUT2D eigenvalue weighted by molar-refractivity contribution is 7.89. The smallest absolute Gasteiger partial charge is 0.244 e. The van der Waals surface area contributed by atoms with Crippen molar-refractivity contribution in [3.8, 4) is 0 Å². The SMILES string of the molecule is CCC(NS(=O)(=O)c1c(CNC)n[nH]c1C)c1nccs1. The Kier molecular flexibility index (Phi) is 5.09. The van der Waals surface area contributed by atoms with Crippen LogP contribution in [0.5, 0.6) is 0 Å². The van der Waals surface area contributed by atoms with Gasteiger partial charge in [-0.2, -0.15) is 5.10 Å². The van der Waals surface area contributed by atoms with Crippen LogP contribution in [-0.2, 0) is 16.6 Å². The molecule has 3 N–H and O–H groups in total. The van der Waals surface area contributed by atoms with Gasteiger partial charge >= 0.3 is 0 Å². The normalized spacial score (nSPS) is 13.5. The Bertz CT molecular complexity index is 679. The molecule has 0 bridgehead atoms. The molecule has 2 heterocycles. The van der Waals surface area contributed by atoms with Crippen LogP contribution < -0.4 is 10.0 Å². The molecule has 1 atom stereocenters. The van der Waals surface area contributed by atoms with Gasteiger partial charge in [0.15, 0.2) is 0 Å². The molecule has 0 amide bonds. The zero-order valence-corrected chi connectivity index (χ0v) is 13.8. The Hall–Kier alpha value is -1.29. The maximum absolute atomic E-state index is 12.7. The summed E-state index contributed by atoms with van der Waals surface area (Å²) in [5.74, 6) is 0. The second-order valence-electron chi connectivity index (χ2n) is 4.61. The fraction of sp³-hybridized carbons (Fsp3) is 0.500. The zero-order valence-electron chi connectivity index (χ0n) is 12.2. The quantitative estimate of drug-likeness (QED) is 0.711. The number of sulfonamides is 1. The first-order valence-electron chi connectivity index (χ1n) is 6.59. The van der Waals surface area contributed by atoms with E-state index < -0.39 is 10.0 Å². The lowest BCUT2D eigenvalue weighted by Crippen LogP contribution is -2.29. The highest BCUT2D eigenvalue weighted by Gasteiger charge is 2.27. The first-order chi connectivity index (χ1) is 9.99. The summed E-state index contributed by atoms with van der Waals surface area (Å²) in [7, 11) is -1.91. The Morgan fingerprint density at radius 1 is 1.48 bits per heavy atom. The lowest BCUT2D eigenvalue weighted by Gasteiger charge is -2.15. The van der Waals surface area contributed by atoms with Crippen LogP contribution in [-0.4, -0.2) is 30.6 Å². The van der Waals surface area contributed by atoms with Gasteiger partial charge in [0.1, 0.15) is 9.90 Å². The van der Waals surface area contributed by atoms with Gasteiger partial charge in [-0.1, -0.05) is 6.92 Å². The van der Waals surface area contributed by atoms with E-state index in [1.807, 2.05) is 12.3 Å². The molecule has 1 unspecified atom stereocenters. The molecule has 116 valence electrons. The van der Waals surface area contributed by atoms with Gasteiger partial charge in [0, 0.05) is 18.1 Å². The van der Waals surface area contributed by atoms with Crippen LogP contribution in [0.25, 0.3) is 0 Å². The minimum atomic E-state index is -3.65. The molecule has 7 nitrogen and oxygen atoms in total. The third-order valence-electron chi connectivity index (χ3n) is 3.03. The molecule has 0 spiro atoms. The maximum Gasteiger partial charge on any atom is 0.244 e. The van der Waals surface area contributed by atoms with Crippen LogP contribution in [0.4, 0.5) is 0 Å². The second-order valence-corrected chi connectivity index (χ2v) is 7.18. The zero-order chi connectivity index (χ0) is 15.5. The number of rotatable bonds is 7. The molecule has 21 heavy (non-hydrogen) atoms. The number of nitrogens with zero attached hydrogens (tertiary/aromatic N) is 2. The molecule has 2 aromatic heterocycles. The molecule has 0 aliphatic rings. The number of aromatic amines is 1. The molecular formula is C12H19N5O2S2. The van der Waals surface area contributed by atoms with Crippen LogP contribution >= 0.6 is 11.3 Å². The van der Waals surface area contributed by atoms with Crippen molar-refractivity contribution >= 4 is 21.4 Å². The van der Waals surface area contributed by atoms with E-state index in [9.17, 15) is 8.42 Å². The van der Waals surface area contributed by atoms with Gasteiger partial charge < -0.3 is 5.32 Å². The Morgan fingerprint density at radius 3 is 2.81 bits per heavy atom. The number of aromatic nitrogens is 3. The van der Waals surface area contributed by atoms with E-state index in [0.717, 1.165) is 5.01 Å². The molecule has 9 heteroatoms. The van der Waals surface area contributed by atoms with Crippen molar-refractivity contribution in [3.05, 3.63) is 28.0 Å². The van der Waals surface area contributed by atoms with Gasteiger partial charge in [-0.05, 0) is 20.4 Å². The molecule has 0 saturated heterocycles. The van der Waals surface area contributed by atoms with Crippen molar-refractivity contribution in [2.45, 2.75) is 37.8 Å². The second kappa shape index (κ2) is 6.65. The van der Waals surface area contributed by atoms with Crippen LogP contribution in [0, 0.1) is 6.92 Å². The van der Waals surface area contributed by atoms with Crippen molar-refractivity contribution in [3.63, 3.8) is 0 Å². The van der Waals surface area contributed by atoms with Gasteiger partial charge in [-0.15, -0.1) is 11.3 Å². The summed E-state index contributed by atoms with van der Waals surface area (Å²) in [5, 5.41) is 12.3. The van der Waals surface area contributed by atoms with Crippen LogP contribution in [0.15, 0.2) is 16.5 Å². The number of thiazole rings is 1. The summed E-state index contributed by atoms with van der Waals surface area (Å²) >= 11 is 1.44. The summed E-state index contributed by atoms with van der Waals surface area (Å²) in [6.07, 6.45) is 2.30. The first kappa shape index (κ1) is 16.1. The topological polar surface area (TPSA) is 99.8 Å². The molecule has 0 aliphatic carbocycles. The summed E-state index contributed by atoms with van der Waals surface area (Å²) in [6.45, 7) is 4.00. The summed E-state index contributed by atoms with van der Waals surface area (Å²) in [4.78, 5) is 4.40. The van der Waals surface area contributed by atoms with Gasteiger partial charge in [0.25, 0.3) is 0 Å². The summed E-state index contributed by atoms with van der Waals surface area (Å²) < 4.78 is 28.0. The lowest BCUT2D eigenvalue weighted by molar-refractivity contribution is 0.547. The van der Waals surface area contributed by atoms with E-state index in [4.69, 9.17) is 0 Å². The molecular weight excluding hydrogens is 310 g/mol. The molecule has 2 rings (SSSR count). The summed E-state index contributed by atoms with van der Waals surface area (Å²) in [5.41, 5.74) is 1.01. The number of aryl methyl sites for hydroxylation is 1. The van der Waals surface area contributed by atoms with E-state index in [1.54, 1.807) is 20.2 Å². The van der Waals surface area contributed by atoms with E-state index in [-0.39, 0.29) is 10.9 Å². The van der Waals surface area contributed by atoms with Gasteiger partial charge in [0.2, 0.25) is 10.0 Å². The standard InChI is InChI=1S/C12H19N5O2S2/c1-4-9(12-14-5-6-20-12)17-21(18,19)11-8(2)15-16-10(11)7-13-3/h5-6,9,13,17H,4,7H2,1-3H3,(H,15,16).